The number of piperazine rings is 1. The minimum atomic E-state index is -1.22. The molecule has 16 heteroatoms. The number of anilines is 3. The number of methoxy groups -OCH3 is 1. The summed E-state index contributed by atoms with van der Waals surface area (Å²) >= 11 is 2.04. The molecule has 1 fully saturated rings. The van der Waals surface area contributed by atoms with Crippen molar-refractivity contribution in [2.24, 2.45) is 0 Å². The molecule has 46 heavy (non-hydrogen) atoms. The summed E-state index contributed by atoms with van der Waals surface area (Å²) in [5, 5.41) is 10.6. The molecule has 246 valence electrons. The predicted octanol–water partition coefficient (Wildman–Crippen LogP) is 6.07. The first-order valence-corrected chi connectivity index (χ1v) is 16.2. The number of H-pyrrole nitrogens is 1. The number of aryl methyl sites for hydroxylation is 1. The van der Waals surface area contributed by atoms with Crippen LogP contribution in [0.1, 0.15) is 11.3 Å². The molecule has 1 saturated heterocycles. The summed E-state index contributed by atoms with van der Waals surface area (Å²) in [5.74, 6) is -1.58. The Labute approximate surface area is 272 Å². The third kappa shape index (κ3) is 8.15. The number of hydrogen-bond acceptors (Lipinski definition) is 11. The highest BCUT2D eigenvalue weighted by molar-refractivity contribution is 7.99. The Morgan fingerprint density at radius 3 is 2.46 bits per heavy atom. The Morgan fingerprint density at radius 1 is 1.02 bits per heavy atom. The summed E-state index contributed by atoms with van der Waals surface area (Å²) < 4.78 is 62.0. The molecule has 1 aliphatic heterocycles. The van der Waals surface area contributed by atoms with Gasteiger partial charge in [-0.15, -0.1) is 11.8 Å². The van der Waals surface area contributed by atoms with Gasteiger partial charge in [-0.05, 0) is 63.1 Å². The van der Waals surface area contributed by atoms with Crippen LogP contribution in [-0.4, -0.2) is 90.4 Å². The Kier molecular flexibility index (Phi) is 11.1. The van der Waals surface area contributed by atoms with Crippen molar-refractivity contribution in [3.05, 3.63) is 65.1 Å². The normalized spacial score (nSPS) is 13.8. The van der Waals surface area contributed by atoms with Gasteiger partial charge in [0.1, 0.15) is 5.82 Å². The average molecular weight is 679 g/mol. The highest BCUT2D eigenvalue weighted by Gasteiger charge is 2.26. The molecule has 0 radical (unpaired) electrons. The van der Waals surface area contributed by atoms with Gasteiger partial charge in [-0.3, -0.25) is 14.9 Å². The fourth-order valence-corrected chi connectivity index (χ4v) is 6.46. The molecule has 0 spiro atoms. The molecule has 0 unspecified atom stereocenters. The molecular weight excluding hydrogens is 645 g/mol. The molecule has 2 aromatic carbocycles. The molecule has 1 aliphatic rings. The molecule has 5 rings (SSSR count). The van der Waals surface area contributed by atoms with Crippen LogP contribution in [0.25, 0.3) is 0 Å². The van der Waals surface area contributed by atoms with E-state index >= 15 is 4.39 Å². The number of benzene rings is 2. The summed E-state index contributed by atoms with van der Waals surface area (Å²) in [6.45, 7) is 6.93. The van der Waals surface area contributed by atoms with Crippen molar-refractivity contribution in [1.82, 2.24) is 30.0 Å². The number of aromatic amines is 1. The Balaban J connectivity index is 1.38. The van der Waals surface area contributed by atoms with E-state index in [1.54, 1.807) is 19.2 Å². The van der Waals surface area contributed by atoms with Gasteiger partial charge in [0.05, 0.1) is 12.0 Å². The van der Waals surface area contributed by atoms with Gasteiger partial charge in [0.15, 0.2) is 40.0 Å². The number of halogens is 4. The Morgan fingerprint density at radius 2 is 1.80 bits per heavy atom. The Bertz CT molecular complexity index is 1650. The van der Waals surface area contributed by atoms with Gasteiger partial charge in [0.25, 0.3) is 0 Å². The monoisotopic (exact) mass is 678 g/mol. The fourth-order valence-electron chi connectivity index (χ4n) is 4.77. The highest BCUT2D eigenvalue weighted by Crippen LogP contribution is 2.40. The summed E-state index contributed by atoms with van der Waals surface area (Å²) in [6, 6.07) is 8.05. The van der Waals surface area contributed by atoms with Crippen molar-refractivity contribution in [3.8, 4) is 11.5 Å². The van der Waals surface area contributed by atoms with Crippen LogP contribution in [-0.2, 0) is 5.75 Å². The van der Waals surface area contributed by atoms with Crippen molar-refractivity contribution >= 4 is 41.0 Å². The van der Waals surface area contributed by atoms with Crippen LogP contribution in [0.5, 0.6) is 11.5 Å². The number of thioether (sulfide) groups is 1. The SMILES string of the molecule is COc1c(Nc2cc(C)[nH]n2)nc(Sc2ccc(SCc3c(OF)ccc(F)c3F)cc2F)nc1N1CCN(CCN(C)C)CC1. The first-order chi connectivity index (χ1) is 22.1. The van der Waals surface area contributed by atoms with Gasteiger partial charge in [-0.1, -0.05) is 0 Å². The number of rotatable bonds is 13. The number of ether oxygens (including phenoxy) is 1. The average Bonchev–Trinajstić information content (AvgIpc) is 3.46. The molecular formula is C30H34F4N8O2S2. The maximum atomic E-state index is 15.4. The van der Waals surface area contributed by atoms with Crippen molar-refractivity contribution in [2.45, 2.75) is 27.6 Å². The molecule has 0 saturated carbocycles. The van der Waals surface area contributed by atoms with Crippen LogP contribution < -0.4 is 19.9 Å². The van der Waals surface area contributed by atoms with Gasteiger partial charge < -0.3 is 19.9 Å². The van der Waals surface area contributed by atoms with E-state index < -0.39 is 23.2 Å². The third-order valence-electron chi connectivity index (χ3n) is 7.24. The van der Waals surface area contributed by atoms with Crippen LogP contribution in [0, 0.1) is 24.4 Å². The van der Waals surface area contributed by atoms with E-state index in [0.717, 1.165) is 67.5 Å². The molecule has 3 heterocycles. The van der Waals surface area contributed by atoms with Crippen LogP contribution in [0.15, 0.2) is 51.3 Å². The van der Waals surface area contributed by atoms with Crippen molar-refractivity contribution in [2.75, 3.05) is 70.7 Å². The topological polar surface area (TPSA) is 94.7 Å². The Hall–Kier alpha value is -3.73. The van der Waals surface area contributed by atoms with E-state index in [0.29, 0.717) is 41.2 Å². The molecule has 0 aliphatic carbocycles. The molecule has 4 aromatic rings. The minimum absolute atomic E-state index is 0.177. The molecule has 0 amide bonds. The van der Waals surface area contributed by atoms with E-state index in [4.69, 9.17) is 9.72 Å². The van der Waals surface area contributed by atoms with E-state index in [1.807, 2.05) is 13.0 Å². The van der Waals surface area contributed by atoms with Gasteiger partial charge in [-0.25, -0.2) is 23.1 Å². The van der Waals surface area contributed by atoms with Crippen molar-refractivity contribution in [3.63, 3.8) is 0 Å². The van der Waals surface area contributed by atoms with Gasteiger partial charge in [0, 0.05) is 71.8 Å². The lowest BCUT2D eigenvalue weighted by molar-refractivity contribution is -0.00763. The molecule has 2 aromatic heterocycles. The van der Waals surface area contributed by atoms with Crippen LogP contribution in [0.4, 0.5) is 35.2 Å². The number of aromatic nitrogens is 4. The summed E-state index contributed by atoms with van der Waals surface area (Å²) in [6.07, 6.45) is 0. The largest absolute Gasteiger partial charge is 0.490 e. The standard InChI is InChI=1S/C30H34F4N8O2S2/c1-18-15-25(39-38-18)35-28-27(43-4)29(42-13-11-41(12-14-42)10-9-40(2)3)37-30(36-28)46-24-8-5-19(16-22(24)32)45-17-20-23(44-34)7-6-21(31)26(20)33/h5-8,15-16H,9-14,17H2,1-4H3,(H2,35,36,37,38,39). The summed E-state index contributed by atoms with van der Waals surface area (Å²) in [4.78, 5) is 20.5. The van der Waals surface area contributed by atoms with Gasteiger partial charge in [0.2, 0.25) is 5.75 Å². The highest BCUT2D eigenvalue weighted by atomic mass is 32.2. The van der Waals surface area contributed by atoms with E-state index in [-0.39, 0.29) is 21.4 Å². The summed E-state index contributed by atoms with van der Waals surface area (Å²) in [5.41, 5.74) is 0.559. The van der Waals surface area contributed by atoms with Crippen molar-refractivity contribution < 1.29 is 27.4 Å². The first-order valence-electron chi connectivity index (χ1n) is 14.4. The molecule has 0 atom stereocenters. The smallest absolute Gasteiger partial charge is 0.204 e. The van der Waals surface area contributed by atoms with Crippen LogP contribution >= 0.6 is 23.5 Å². The molecule has 0 bridgehead atoms. The van der Waals surface area contributed by atoms with Crippen molar-refractivity contribution in [1.29, 1.82) is 0 Å². The second-order valence-corrected chi connectivity index (χ2v) is 12.9. The molecule has 2 N–H and O–H groups in total. The lowest BCUT2D eigenvalue weighted by Gasteiger charge is -2.36. The zero-order valence-electron chi connectivity index (χ0n) is 25.7. The quantitative estimate of drug-likeness (QED) is 0.0981. The van der Waals surface area contributed by atoms with Crippen LogP contribution in [0.3, 0.4) is 0 Å². The van der Waals surface area contributed by atoms with Crippen LogP contribution in [0.2, 0.25) is 0 Å². The lowest BCUT2D eigenvalue weighted by atomic mass is 10.2. The van der Waals surface area contributed by atoms with E-state index in [9.17, 15) is 13.3 Å². The van der Waals surface area contributed by atoms with Gasteiger partial charge >= 0.3 is 0 Å². The number of nitrogens with zero attached hydrogens (tertiary/aromatic N) is 6. The number of hydrogen-bond donors (Lipinski definition) is 2. The number of likely N-dealkylation sites (N-methyl/N-ethyl adjacent to an activating group) is 1. The third-order valence-corrected chi connectivity index (χ3v) is 9.18. The lowest BCUT2D eigenvalue weighted by Crippen LogP contribution is -2.48. The zero-order valence-corrected chi connectivity index (χ0v) is 27.4. The van der Waals surface area contributed by atoms with Gasteiger partial charge in [-0.2, -0.15) is 5.10 Å². The predicted molar refractivity (Wildman–Crippen MR) is 171 cm³/mol. The maximum Gasteiger partial charge on any atom is 0.204 e. The second-order valence-electron chi connectivity index (χ2n) is 10.8. The first kappa shape index (κ1) is 33.6. The maximum absolute atomic E-state index is 15.4. The zero-order chi connectivity index (χ0) is 32.8. The van der Waals surface area contributed by atoms with E-state index in [1.165, 1.54) is 6.07 Å². The second kappa shape index (κ2) is 15.2. The molecule has 10 nitrogen and oxygen atoms in total. The summed E-state index contributed by atoms with van der Waals surface area (Å²) in [7, 11) is 5.66. The minimum Gasteiger partial charge on any atom is -0.490 e. The fraction of sp³-hybridized carbons (Fsp3) is 0.367. The van der Waals surface area contributed by atoms with E-state index in [2.05, 4.69) is 54.2 Å². The number of nitrogens with one attached hydrogen (secondary N) is 2.